The first-order valence-electron chi connectivity index (χ1n) is 5.48. The first-order valence-corrected chi connectivity index (χ1v) is 6.67. The highest BCUT2D eigenvalue weighted by atomic mass is 35.5. The van der Waals surface area contributed by atoms with E-state index in [4.69, 9.17) is 16.3 Å². The summed E-state index contributed by atoms with van der Waals surface area (Å²) >= 11 is 7.06. The van der Waals surface area contributed by atoms with Gasteiger partial charge < -0.3 is 9.64 Å². The molecule has 0 aliphatic heterocycles. The summed E-state index contributed by atoms with van der Waals surface area (Å²) in [5.41, 5.74) is 1.30. The first-order chi connectivity index (χ1) is 9.11. The van der Waals surface area contributed by atoms with Crippen LogP contribution in [0.5, 0.6) is 0 Å². The van der Waals surface area contributed by atoms with E-state index in [1.807, 2.05) is 24.1 Å². The Kier molecular flexibility index (Phi) is 4.34. The summed E-state index contributed by atoms with van der Waals surface area (Å²) in [7, 11) is 3.24. The molecule has 7 heteroatoms. The van der Waals surface area contributed by atoms with Gasteiger partial charge in [-0.2, -0.15) is 0 Å². The zero-order valence-corrected chi connectivity index (χ0v) is 12.0. The number of para-hydroxylation sites is 1. The van der Waals surface area contributed by atoms with Crippen LogP contribution in [0.15, 0.2) is 24.3 Å². The summed E-state index contributed by atoms with van der Waals surface area (Å²) < 4.78 is 5.18. The van der Waals surface area contributed by atoms with Crippen molar-refractivity contribution < 1.29 is 9.53 Å². The third kappa shape index (κ3) is 3.21. The minimum atomic E-state index is -0.363. The second-order valence-electron chi connectivity index (χ2n) is 3.81. The highest BCUT2D eigenvalue weighted by molar-refractivity contribution is 7.15. The Morgan fingerprint density at radius 3 is 2.79 bits per heavy atom. The molecule has 0 bridgehead atoms. The van der Waals surface area contributed by atoms with Crippen LogP contribution in [0.1, 0.15) is 15.4 Å². The van der Waals surface area contributed by atoms with E-state index < -0.39 is 0 Å². The molecule has 0 N–H and O–H groups in total. The number of carbonyl (C=O) groups is 1. The molecule has 1 aromatic carbocycles. The van der Waals surface area contributed by atoms with Crippen molar-refractivity contribution in [3.05, 3.63) is 39.3 Å². The van der Waals surface area contributed by atoms with Crippen LogP contribution < -0.4 is 4.90 Å². The van der Waals surface area contributed by atoms with E-state index in [-0.39, 0.29) is 5.97 Å². The van der Waals surface area contributed by atoms with Gasteiger partial charge >= 0.3 is 5.97 Å². The van der Waals surface area contributed by atoms with Gasteiger partial charge in [0.25, 0.3) is 0 Å². The Morgan fingerprint density at radius 1 is 1.42 bits per heavy atom. The standard InChI is InChI=1S/C12H12ClN3O2S/c1-16(7-10-14-15-12(13)19-10)9-6-4-3-5-8(9)11(17)18-2/h3-6H,7H2,1-2H3. The number of benzene rings is 1. The average Bonchev–Trinajstić information content (AvgIpc) is 2.83. The Labute approximate surface area is 119 Å². The zero-order chi connectivity index (χ0) is 13.8. The highest BCUT2D eigenvalue weighted by Gasteiger charge is 2.15. The summed E-state index contributed by atoms with van der Waals surface area (Å²) in [5.74, 6) is -0.363. The lowest BCUT2D eigenvalue weighted by Gasteiger charge is -2.20. The molecule has 0 aliphatic rings. The molecule has 0 saturated heterocycles. The van der Waals surface area contributed by atoms with Crippen molar-refractivity contribution >= 4 is 34.6 Å². The van der Waals surface area contributed by atoms with Crippen LogP contribution in [0.2, 0.25) is 4.47 Å². The molecule has 1 aromatic heterocycles. The topological polar surface area (TPSA) is 55.3 Å². The number of aromatic nitrogens is 2. The van der Waals surface area contributed by atoms with Gasteiger partial charge in [-0.05, 0) is 23.7 Å². The highest BCUT2D eigenvalue weighted by Crippen LogP contribution is 2.23. The Morgan fingerprint density at radius 2 is 2.16 bits per heavy atom. The van der Waals surface area contributed by atoms with E-state index in [1.54, 1.807) is 12.1 Å². The van der Waals surface area contributed by atoms with Crippen molar-refractivity contribution in [1.82, 2.24) is 10.2 Å². The summed E-state index contributed by atoms with van der Waals surface area (Å²) in [4.78, 5) is 13.6. The second-order valence-corrected chi connectivity index (χ2v) is 5.46. The average molecular weight is 298 g/mol. The lowest BCUT2D eigenvalue weighted by atomic mass is 10.1. The van der Waals surface area contributed by atoms with Crippen LogP contribution in [-0.4, -0.2) is 30.3 Å². The van der Waals surface area contributed by atoms with Crippen LogP contribution in [0.25, 0.3) is 0 Å². The van der Waals surface area contributed by atoms with Crippen molar-refractivity contribution in [2.75, 3.05) is 19.1 Å². The maximum atomic E-state index is 11.7. The molecule has 5 nitrogen and oxygen atoms in total. The number of hydrogen-bond acceptors (Lipinski definition) is 6. The summed E-state index contributed by atoms with van der Waals surface area (Å²) in [6.07, 6.45) is 0. The van der Waals surface area contributed by atoms with Gasteiger partial charge in [0.15, 0.2) is 0 Å². The fraction of sp³-hybridized carbons (Fsp3) is 0.250. The number of hydrogen-bond donors (Lipinski definition) is 0. The van der Waals surface area contributed by atoms with Crippen molar-refractivity contribution in [3.8, 4) is 0 Å². The van der Waals surface area contributed by atoms with E-state index in [0.717, 1.165) is 10.7 Å². The van der Waals surface area contributed by atoms with Crippen LogP contribution in [0.4, 0.5) is 5.69 Å². The van der Waals surface area contributed by atoms with Gasteiger partial charge in [-0.1, -0.05) is 23.5 Å². The molecule has 0 atom stereocenters. The zero-order valence-electron chi connectivity index (χ0n) is 10.5. The van der Waals surface area contributed by atoms with E-state index in [1.165, 1.54) is 18.4 Å². The molecule has 0 aliphatic carbocycles. The molecule has 0 unspecified atom stereocenters. The smallest absolute Gasteiger partial charge is 0.339 e. The SMILES string of the molecule is COC(=O)c1ccccc1N(C)Cc1nnc(Cl)s1. The molecule has 0 saturated carbocycles. The fourth-order valence-corrected chi connectivity index (χ4v) is 2.60. The van der Waals surface area contributed by atoms with Crippen molar-refractivity contribution in [2.45, 2.75) is 6.54 Å². The van der Waals surface area contributed by atoms with Gasteiger partial charge in [0.1, 0.15) is 5.01 Å². The maximum Gasteiger partial charge on any atom is 0.339 e. The van der Waals surface area contributed by atoms with Crippen LogP contribution >= 0.6 is 22.9 Å². The Bertz CT molecular complexity index is 588. The van der Waals surface area contributed by atoms with Crippen molar-refractivity contribution in [1.29, 1.82) is 0 Å². The molecular weight excluding hydrogens is 286 g/mol. The number of anilines is 1. The van der Waals surface area contributed by atoms with E-state index in [2.05, 4.69) is 10.2 Å². The number of halogens is 1. The number of carbonyl (C=O) groups excluding carboxylic acids is 1. The lowest BCUT2D eigenvalue weighted by Crippen LogP contribution is -2.19. The molecule has 0 amide bonds. The minimum absolute atomic E-state index is 0.363. The lowest BCUT2D eigenvalue weighted by molar-refractivity contribution is 0.0601. The Balaban J connectivity index is 2.23. The number of rotatable bonds is 4. The van der Waals surface area contributed by atoms with Crippen LogP contribution in [0.3, 0.4) is 0 Å². The summed E-state index contributed by atoms with van der Waals surface area (Å²) in [6.45, 7) is 0.526. The summed E-state index contributed by atoms with van der Waals surface area (Å²) in [6, 6.07) is 7.25. The number of nitrogens with zero attached hydrogens (tertiary/aromatic N) is 3. The molecule has 0 fully saturated rings. The van der Waals surface area contributed by atoms with Gasteiger partial charge in [-0.15, -0.1) is 10.2 Å². The number of methoxy groups -OCH3 is 1. The minimum Gasteiger partial charge on any atom is -0.465 e. The van der Waals surface area contributed by atoms with Gasteiger partial charge in [0.05, 0.1) is 24.9 Å². The molecule has 1 heterocycles. The molecule has 0 spiro atoms. The first kappa shape index (κ1) is 13.8. The van der Waals surface area contributed by atoms with Crippen LogP contribution in [-0.2, 0) is 11.3 Å². The molecule has 19 heavy (non-hydrogen) atoms. The van der Waals surface area contributed by atoms with E-state index >= 15 is 0 Å². The molecule has 2 aromatic rings. The molecule has 0 radical (unpaired) electrons. The molecule has 100 valence electrons. The predicted octanol–water partition coefficient (Wildman–Crippen LogP) is 2.61. The van der Waals surface area contributed by atoms with Gasteiger partial charge in [0, 0.05) is 7.05 Å². The van der Waals surface area contributed by atoms with Crippen LogP contribution in [0, 0.1) is 0 Å². The van der Waals surface area contributed by atoms with Crippen molar-refractivity contribution in [3.63, 3.8) is 0 Å². The predicted molar refractivity (Wildman–Crippen MR) is 74.8 cm³/mol. The normalized spacial score (nSPS) is 10.3. The van der Waals surface area contributed by atoms with Crippen molar-refractivity contribution in [2.24, 2.45) is 0 Å². The van der Waals surface area contributed by atoms with Gasteiger partial charge in [-0.3, -0.25) is 0 Å². The quantitative estimate of drug-likeness (QED) is 0.812. The second kappa shape index (κ2) is 5.99. The molecule has 2 rings (SSSR count). The fourth-order valence-electron chi connectivity index (χ4n) is 1.67. The third-order valence-electron chi connectivity index (χ3n) is 2.54. The van der Waals surface area contributed by atoms with E-state index in [0.29, 0.717) is 16.6 Å². The number of esters is 1. The van der Waals surface area contributed by atoms with E-state index in [9.17, 15) is 4.79 Å². The monoisotopic (exact) mass is 297 g/mol. The van der Waals surface area contributed by atoms with Gasteiger partial charge in [0.2, 0.25) is 4.47 Å². The third-order valence-corrected chi connectivity index (χ3v) is 3.54. The van der Waals surface area contributed by atoms with Gasteiger partial charge in [-0.25, -0.2) is 4.79 Å². The summed E-state index contributed by atoms with van der Waals surface area (Å²) in [5, 5.41) is 8.49. The maximum absolute atomic E-state index is 11.7. The Hall–Kier alpha value is -1.66. The largest absolute Gasteiger partial charge is 0.465 e. The number of ether oxygens (including phenoxy) is 1. The molecular formula is C12H12ClN3O2S.